The molecule has 1 aromatic heterocycles. The van der Waals surface area contributed by atoms with Crippen LogP contribution in [0.2, 0.25) is 0 Å². The van der Waals surface area contributed by atoms with E-state index in [0.29, 0.717) is 29.1 Å². The van der Waals surface area contributed by atoms with Crippen LogP contribution in [0.1, 0.15) is 68.6 Å². The number of nitrogen functional groups attached to an aromatic ring is 1. The Labute approximate surface area is 213 Å². The standard InChI is InChI=1S/C30H25F2N3O2/c1-3-16-12-27(33)35-15(2)25(16)14-34-30(36)18-5-8-22-24(11-18)29-21-7-4-17(10-23(21)28(22)37-29)20-9-6-19(31)13-26(20)32/h4-13,28-29H,3,14H2,1-2H3,(H2,33,35)(H,34,36)/t28-,29-/m1/s1. The number of nitrogens with one attached hydrogen (secondary N) is 1. The van der Waals surface area contributed by atoms with Crippen molar-refractivity contribution in [1.82, 2.24) is 10.3 Å². The largest absolute Gasteiger partial charge is 0.384 e. The number of amides is 1. The van der Waals surface area contributed by atoms with Crippen LogP contribution >= 0.6 is 0 Å². The fraction of sp³-hybridized carbons (Fsp3) is 0.200. The molecule has 3 aromatic carbocycles. The van der Waals surface area contributed by atoms with Crippen LogP contribution in [0.15, 0.2) is 60.7 Å². The maximum absolute atomic E-state index is 14.4. The number of anilines is 1. The number of halogens is 2. The van der Waals surface area contributed by atoms with Gasteiger partial charge in [-0.25, -0.2) is 13.8 Å². The summed E-state index contributed by atoms with van der Waals surface area (Å²) in [4.78, 5) is 17.4. The van der Waals surface area contributed by atoms with Crippen molar-refractivity contribution in [3.05, 3.63) is 117 Å². The second kappa shape index (κ2) is 8.78. The van der Waals surface area contributed by atoms with Gasteiger partial charge in [-0.05, 0) is 88.7 Å². The first-order valence-electron chi connectivity index (χ1n) is 12.3. The summed E-state index contributed by atoms with van der Waals surface area (Å²) in [5, 5.41) is 3.02. The molecule has 37 heavy (non-hydrogen) atoms. The monoisotopic (exact) mass is 497 g/mol. The van der Waals surface area contributed by atoms with Crippen LogP contribution in [0.5, 0.6) is 0 Å². The van der Waals surface area contributed by atoms with Crippen LogP contribution in [-0.2, 0) is 17.7 Å². The van der Waals surface area contributed by atoms with Crippen LogP contribution in [-0.4, -0.2) is 10.9 Å². The number of aromatic nitrogens is 1. The lowest BCUT2D eigenvalue weighted by Gasteiger charge is -2.18. The quantitative estimate of drug-likeness (QED) is 0.358. The number of fused-ring (bicyclic) bond motifs is 8. The van der Waals surface area contributed by atoms with E-state index in [-0.39, 0.29) is 18.1 Å². The zero-order valence-electron chi connectivity index (χ0n) is 20.4. The highest BCUT2D eigenvalue weighted by Crippen LogP contribution is 2.54. The van der Waals surface area contributed by atoms with E-state index < -0.39 is 11.6 Å². The molecule has 2 bridgehead atoms. The van der Waals surface area contributed by atoms with Gasteiger partial charge in [-0.15, -0.1) is 0 Å². The van der Waals surface area contributed by atoms with Crippen molar-refractivity contribution in [3.63, 3.8) is 0 Å². The number of hydrogen-bond acceptors (Lipinski definition) is 4. The van der Waals surface area contributed by atoms with Gasteiger partial charge < -0.3 is 15.8 Å². The molecule has 0 aliphatic carbocycles. The predicted molar refractivity (Wildman–Crippen MR) is 137 cm³/mol. The predicted octanol–water partition coefficient (Wildman–Crippen LogP) is 5.93. The molecule has 6 rings (SSSR count). The lowest BCUT2D eigenvalue weighted by molar-refractivity contribution is 0.0857. The number of benzene rings is 3. The Hall–Kier alpha value is -4.10. The Kier molecular flexibility index (Phi) is 5.53. The van der Waals surface area contributed by atoms with Gasteiger partial charge >= 0.3 is 0 Å². The van der Waals surface area contributed by atoms with Crippen molar-refractivity contribution in [1.29, 1.82) is 0 Å². The molecule has 0 fully saturated rings. The highest BCUT2D eigenvalue weighted by molar-refractivity contribution is 5.94. The van der Waals surface area contributed by atoms with Gasteiger partial charge in [0.2, 0.25) is 0 Å². The number of carbonyl (C=O) groups is 1. The first-order chi connectivity index (χ1) is 17.8. The summed E-state index contributed by atoms with van der Waals surface area (Å²) in [5.74, 6) is -0.903. The fourth-order valence-corrected chi connectivity index (χ4v) is 5.50. The first-order valence-corrected chi connectivity index (χ1v) is 12.3. The molecule has 2 aliphatic heterocycles. The number of nitrogens with two attached hydrogens (primary N) is 1. The summed E-state index contributed by atoms with van der Waals surface area (Å²) in [6.45, 7) is 4.31. The summed E-state index contributed by atoms with van der Waals surface area (Å²) in [6.07, 6.45) is 0.226. The third-order valence-electron chi connectivity index (χ3n) is 7.33. The minimum atomic E-state index is -0.607. The van der Waals surface area contributed by atoms with Crippen molar-refractivity contribution >= 4 is 11.7 Å². The van der Waals surface area contributed by atoms with Gasteiger partial charge in [-0.2, -0.15) is 0 Å². The fourth-order valence-electron chi connectivity index (χ4n) is 5.50. The lowest BCUT2D eigenvalue weighted by atomic mass is 9.83. The van der Waals surface area contributed by atoms with E-state index in [4.69, 9.17) is 10.5 Å². The smallest absolute Gasteiger partial charge is 0.251 e. The SMILES string of the molecule is CCc1cc(N)nc(C)c1CNC(=O)c1ccc2c(c1)[C@@H]1O[C@H]2c2cc(-c3ccc(F)cc3F)ccc21. The second-order valence-corrected chi connectivity index (χ2v) is 9.51. The number of rotatable bonds is 5. The molecule has 0 radical (unpaired) electrons. The highest BCUT2D eigenvalue weighted by atomic mass is 19.1. The van der Waals surface area contributed by atoms with E-state index in [2.05, 4.69) is 10.3 Å². The van der Waals surface area contributed by atoms with Crippen molar-refractivity contribution in [2.24, 2.45) is 0 Å². The number of aryl methyl sites for hydroxylation is 2. The number of hydrogen-bond donors (Lipinski definition) is 2. The summed E-state index contributed by atoms with van der Waals surface area (Å²) in [6, 6.07) is 16.7. The van der Waals surface area contributed by atoms with Crippen LogP contribution in [0, 0.1) is 18.6 Å². The topological polar surface area (TPSA) is 77.2 Å². The van der Waals surface area contributed by atoms with Gasteiger partial charge in [0.05, 0.1) is 0 Å². The average molecular weight is 498 g/mol. The highest BCUT2D eigenvalue weighted by Gasteiger charge is 2.43. The minimum Gasteiger partial charge on any atom is -0.384 e. The summed E-state index contributed by atoms with van der Waals surface area (Å²) in [7, 11) is 0. The van der Waals surface area contributed by atoms with Crippen LogP contribution < -0.4 is 11.1 Å². The molecule has 2 aliphatic rings. The Morgan fingerprint density at radius 1 is 0.973 bits per heavy atom. The Balaban J connectivity index is 1.24. The van der Waals surface area contributed by atoms with E-state index in [0.717, 1.165) is 51.6 Å². The molecule has 0 unspecified atom stereocenters. The van der Waals surface area contributed by atoms with Gasteiger partial charge in [0.25, 0.3) is 5.91 Å². The Morgan fingerprint density at radius 2 is 1.70 bits per heavy atom. The number of pyridine rings is 1. The number of nitrogens with zero attached hydrogens (tertiary/aromatic N) is 1. The molecule has 3 heterocycles. The van der Waals surface area contributed by atoms with E-state index in [9.17, 15) is 13.6 Å². The van der Waals surface area contributed by atoms with E-state index in [1.807, 2.05) is 50.2 Å². The first kappa shape index (κ1) is 23.3. The third-order valence-corrected chi connectivity index (χ3v) is 7.33. The summed E-state index contributed by atoms with van der Waals surface area (Å²) >= 11 is 0. The molecule has 186 valence electrons. The molecule has 0 saturated heterocycles. The van der Waals surface area contributed by atoms with Gasteiger partial charge in [0, 0.05) is 29.4 Å². The Morgan fingerprint density at radius 3 is 2.43 bits per heavy atom. The van der Waals surface area contributed by atoms with Gasteiger partial charge in [-0.3, -0.25) is 4.79 Å². The third kappa shape index (κ3) is 3.86. The summed E-state index contributed by atoms with van der Waals surface area (Å²) in [5.41, 5.74) is 14.2. The molecule has 0 spiro atoms. The molecule has 7 heteroatoms. The van der Waals surface area contributed by atoms with Crippen LogP contribution in [0.4, 0.5) is 14.6 Å². The Bertz CT molecular complexity index is 1580. The van der Waals surface area contributed by atoms with Crippen molar-refractivity contribution in [3.8, 4) is 11.1 Å². The summed E-state index contributed by atoms with van der Waals surface area (Å²) < 4.78 is 34.0. The van der Waals surface area contributed by atoms with Gasteiger partial charge in [0.15, 0.2) is 0 Å². The maximum Gasteiger partial charge on any atom is 0.251 e. The van der Waals surface area contributed by atoms with Crippen molar-refractivity contribution in [2.75, 3.05) is 5.73 Å². The second-order valence-electron chi connectivity index (χ2n) is 9.51. The van der Waals surface area contributed by atoms with Gasteiger partial charge in [0.1, 0.15) is 29.7 Å². The molecular formula is C30H25F2N3O2. The van der Waals surface area contributed by atoms with Crippen molar-refractivity contribution < 1.29 is 18.3 Å². The van der Waals surface area contributed by atoms with E-state index >= 15 is 0 Å². The molecule has 1 amide bonds. The zero-order valence-corrected chi connectivity index (χ0v) is 20.4. The number of ether oxygens (including phenoxy) is 1. The molecule has 5 nitrogen and oxygen atoms in total. The van der Waals surface area contributed by atoms with Crippen LogP contribution in [0.25, 0.3) is 11.1 Å². The molecule has 3 N–H and O–H groups in total. The molecule has 2 atom stereocenters. The van der Waals surface area contributed by atoms with E-state index in [1.54, 1.807) is 6.07 Å². The van der Waals surface area contributed by atoms with Crippen LogP contribution in [0.3, 0.4) is 0 Å². The molecule has 0 saturated carbocycles. The molecular weight excluding hydrogens is 472 g/mol. The number of carbonyl (C=O) groups excluding carboxylic acids is 1. The van der Waals surface area contributed by atoms with E-state index in [1.165, 1.54) is 12.1 Å². The molecule has 4 aromatic rings. The van der Waals surface area contributed by atoms with Gasteiger partial charge in [-0.1, -0.05) is 25.1 Å². The normalized spacial score (nSPS) is 17.0. The maximum atomic E-state index is 14.4. The lowest BCUT2D eigenvalue weighted by Crippen LogP contribution is -2.24. The average Bonchev–Trinajstić information content (AvgIpc) is 3.44. The zero-order chi connectivity index (χ0) is 25.8. The minimum absolute atomic E-state index is 0.175. The van der Waals surface area contributed by atoms with Crippen molar-refractivity contribution in [2.45, 2.75) is 39.0 Å².